The lowest BCUT2D eigenvalue weighted by Gasteiger charge is -2.34. The molecule has 0 aliphatic carbocycles. The van der Waals surface area contributed by atoms with Crippen molar-refractivity contribution in [3.63, 3.8) is 0 Å². The molecule has 1 aromatic carbocycles. The number of likely N-dealkylation sites (tertiary alicyclic amines) is 1. The molecule has 2 aliphatic rings. The topological polar surface area (TPSA) is 44.8 Å². The lowest BCUT2D eigenvalue weighted by Crippen LogP contribution is -2.42. The van der Waals surface area contributed by atoms with Gasteiger partial charge in [-0.15, -0.1) is 0 Å². The van der Waals surface area contributed by atoms with Crippen LogP contribution in [0.4, 0.5) is 5.69 Å². The number of rotatable bonds is 4. The standard InChI is InChI=1S/C18H27N3O2/c1-19-14-15-6-8-21(9-7-15)18(22)16-4-2-3-5-17(16)20-10-12-23-13-11-20/h2-5,15,19H,6-14H2,1H3. The molecule has 1 N–H and O–H groups in total. The fraction of sp³-hybridized carbons (Fsp3) is 0.611. The van der Waals surface area contributed by atoms with E-state index in [0.717, 1.165) is 70.0 Å². The summed E-state index contributed by atoms with van der Waals surface area (Å²) in [5, 5.41) is 3.24. The van der Waals surface area contributed by atoms with Gasteiger partial charge >= 0.3 is 0 Å². The van der Waals surface area contributed by atoms with E-state index in [0.29, 0.717) is 5.92 Å². The number of hydrogen-bond acceptors (Lipinski definition) is 4. The number of amides is 1. The molecule has 0 bridgehead atoms. The Kier molecular flexibility index (Phi) is 5.51. The summed E-state index contributed by atoms with van der Waals surface area (Å²) in [6.45, 7) is 5.95. The Bertz CT molecular complexity index is 521. The number of carbonyl (C=O) groups excluding carboxylic acids is 1. The average molecular weight is 317 g/mol. The maximum atomic E-state index is 13.0. The molecule has 2 fully saturated rings. The first-order valence-corrected chi connectivity index (χ1v) is 8.65. The van der Waals surface area contributed by atoms with Gasteiger partial charge in [0.2, 0.25) is 0 Å². The van der Waals surface area contributed by atoms with Crippen LogP contribution >= 0.6 is 0 Å². The molecule has 0 unspecified atom stereocenters. The Balaban J connectivity index is 1.70. The Morgan fingerprint density at radius 1 is 1.17 bits per heavy atom. The molecule has 2 aliphatic heterocycles. The zero-order valence-corrected chi connectivity index (χ0v) is 14.0. The Morgan fingerprint density at radius 3 is 2.57 bits per heavy atom. The minimum atomic E-state index is 0.176. The largest absolute Gasteiger partial charge is 0.378 e. The molecule has 3 rings (SSSR count). The van der Waals surface area contributed by atoms with Crippen molar-refractivity contribution in [1.82, 2.24) is 10.2 Å². The number of morpholine rings is 1. The van der Waals surface area contributed by atoms with Gasteiger partial charge in [-0.2, -0.15) is 0 Å². The van der Waals surface area contributed by atoms with Crippen LogP contribution in [-0.4, -0.2) is 63.8 Å². The quantitative estimate of drug-likeness (QED) is 0.916. The number of piperidine rings is 1. The zero-order valence-electron chi connectivity index (χ0n) is 14.0. The van der Waals surface area contributed by atoms with Crippen molar-refractivity contribution in [2.75, 3.05) is 57.9 Å². The van der Waals surface area contributed by atoms with E-state index in [1.807, 2.05) is 30.1 Å². The van der Waals surface area contributed by atoms with Crippen molar-refractivity contribution in [2.24, 2.45) is 5.92 Å². The number of nitrogens with zero attached hydrogens (tertiary/aromatic N) is 2. The van der Waals surface area contributed by atoms with Gasteiger partial charge in [-0.25, -0.2) is 0 Å². The van der Waals surface area contributed by atoms with Crippen LogP contribution in [0.25, 0.3) is 0 Å². The van der Waals surface area contributed by atoms with Gasteiger partial charge in [0.15, 0.2) is 0 Å². The Hall–Kier alpha value is -1.59. The highest BCUT2D eigenvalue weighted by Gasteiger charge is 2.26. The minimum Gasteiger partial charge on any atom is -0.378 e. The molecular weight excluding hydrogens is 290 g/mol. The SMILES string of the molecule is CNCC1CCN(C(=O)c2ccccc2N2CCOCC2)CC1. The summed E-state index contributed by atoms with van der Waals surface area (Å²) in [5.41, 5.74) is 1.89. The third-order valence-corrected chi connectivity index (χ3v) is 4.88. The molecule has 0 spiro atoms. The van der Waals surface area contributed by atoms with Crippen molar-refractivity contribution in [3.8, 4) is 0 Å². The summed E-state index contributed by atoms with van der Waals surface area (Å²) in [6, 6.07) is 8.00. The Labute approximate surface area is 138 Å². The second kappa shape index (κ2) is 7.79. The number of para-hydroxylation sites is 1. The van der Waals surface area contributed by atoms with E-state index < -0.39 is 0 Å². The molecule has 126 valence electrons. The molecular formula is C18H27N3O2. The van der Waals surface area contributed by atoms with Gasteiger partial charge in [-0.3, -0.25) is 4.79 Å². The first-order valence-electron chi connectivity index (χ1n) is 8.65. The van der Waals surface area contributed by atoms with E-state index in [1.165, 1.54) is 0 Å². The first kappa shape index (κ1) is 16.3. The molecule has 23 heavy (non-hydrogen) atoms. The van der Waals surface area contributed by atoms with E-state index in [2.05, 4.69) is 16.3 Å². The maximum Gasteiger partial charge on any atom is 0.255 e. The van der Waals surface area contributed by atoms with Gasteiger partial charge in [0.1, 0.15) is 0 Å². The van der Waals surface area contributed by atoms with Crippen LogP contribution in [0.5, 0.6) is 0 Å². The number of ether oxygens (including phenoxy) is 1. The zero-order chi connectivity index (χ0) is 16.1. The van der Waals surface area contributed by atoms with Crippen molar-refractivity contribution in [2.45, 2.75) is 12.8 Å². The van der Waals surface area contributed by atoms with E-state index in [4.69, 9.17) is 4.74 Å². The van der Waals surface area contributed by atoms with Gasteiger partial charge in [0, 0.05) is 31.9 Å². The highest BCUT2D eigenvalue weighted by atomic mass is 16.5. The van der Waals surface area contributed by atoms with Gasteiger partial charge in [-0.05, 0) is 44.5 Å². The van der Waals surface area contributed by atoms with Gasteiger partial charge in [0.05, 0.1) is 18.8 Å². The third-order valence-electron chi connectivity index (χ3n) is 4.88. The number of nitrogens with one attached hydrogen (secondary N) is 1. The fourth-order valence-electron chi connectivity index (χ4n) is 3.53. The number of anilines is 1. The van der Waals surface area contributed by atoms with Gasteiger partial charge in [0.25, 0.3) is 5.91 Å². The highest BCUT2D eigenvalue weighted by Crippen LogP contribution is 2.25. The highest BCUT2D eigenvalue weighted by molar-refractivity contribution is 5.99. The molecule has 5 nitrogen and oxygen atoms in total. The van der Waals surface area contributed by atoms with Crippen molar-refractivity contribution >= 4 is 11.6 Å². The smallest absolute Gasteiger partial charge is 0.255 e. The molecule has 0 atom stereocenters. The summed E-state index contributed by atoms with van der Waals surface area (Å²) >= 11 is 0. The van der Waals surface area contributed by atoms with E-state index in [1.54, 1.807) is 0 Å². The minimum absolute atomic E-state index is 0.176. The summed E-state index contributed by atoms with van der Waals surface area (Å²) in [5.74, 6) is 0.869. The van der Waals surface area contributed by atoms with E-state index >= 15 is 0 Å². The first-order chi connectivity index (χ1) is 11.3. The molecule has 0 saturated carbocycles. The summed E-state index contributed by atoms with van der Waals surface area (Å²) in [7, 11) is 2.00. The number of hydrogen-bond donors (Lipinski definition) is 1. The van der Waals surface area contributed by atoms with Crippen molar-refractivity contribution < 1.29 is 9.53 Å². The van der Waals surface area contributed by atoms with Crippen LogP contribution in [0.1, 0.15) is 23.2 Å². The summed E-state index contributed by atoms with van der Waals surface area (Å²) in [6.07, 6.45) is 2.18. The van der Waals surface area contributed by atoms with Gasteiger partial charge < -0.3 is 19.9 Å². The predicted octanol–water partition coefficient (Wildman–Crippen LogP) is 1.59. The Morgan fingerprint density at radius 2 is 1.87 bits per heavy atom. The van der Waals surface area contributed by atoms with Crippen LogP contribution in [0.15, 0.2) is 24.3 Å². The maximum absolute atomic E-state index is 13.0. The summed E-state index contributed by atoms with van der Waals surface area (Å²) in [4.78, 5) is 17.3. The van der Waals surface area contributed by atoms with Crippen LogP contribution in [0.3, 0.4) is 0 Å². The second-order valence-electron chi connectivity index (χ2n) is 6.41. The normalized spacial score (nSPS) is 19.9. The fourth-order valence-corrected chi connectivity index (χ4v) is 3.53. The monoisotopic (exact) mass is 317 g/mol. The molecule has 0 aromatic heterocycles. The van der Waals surface area contributed by atoms with Crippen molar-refractivity contribution in [3.05, 3.63) is 29.8 Å². The predicted molar refractivity (Wildman–Crippen MR) is 92.0 cm³/mol. The summed E-state index contributed by atoms with van der Waals surface area (Å²) < 4.78 is 5.43. The van der Waals surface area contributed by atoms with E-state index in [-0.39, 0.29) is 5.91 Å². The molecule has 0 radical (unpaired) electrons. The van der Waals surface area contributed by atoms with E-state index in [9.17, 15) is 4.79 Å². The van der Waals surface area contributed by atoms with Crippen LogP contribution in [-0.2, 0) is 4.74 Å². The molecule has 1 aromatic rings. The van der Waals surface area contributed by atoms with Crippen molar-refractivity contribution in [1.29, 1.82) is 0 Å². The second-order valence-corrected chi connectivity index (χ2v) is 6.41. The lowest BCUT2D eigenvalue weighted by molar-refractivity contribution is 0.0690. The molecule has 1 amide bonds. The third kappa shape index (κ3) is 3.85. The molecule has 2 saturated heterocycles. The average Bonchev–Trinajstić information content (AvgIpc) is 2.63. The molecule has 5 heteroatoms. The molecule has 2 heterocycles. The van der Waals surface area contributed by atoms with Crippen LogP contribution in [0.2, 0.25) is 0 Å². The lowest BCUT2D eigenvalue weighted by atomic mass is 9.96. The number of benzene rings is 1. The van der Waals surface area contributed by atoms with Gasteiger partial charge in [-0.1, -0.05) is 12.1 Å². The van der Waals surface area contributed by atoms with Crippen LogP contribution < -0.4 is 10.2 Å². The number of carbonyl (C=O) groups is 1. The van der Waals surface area contributed by atoms with Crippen LogP contribution in [0, 0.1) is 5.92 Å².